The third-order valence-corrected chi connectivity index (χ3v) is 6.05. The van der Waals surface area contributed by atoms with Crippen molar-refractivity contribution in [1.82, 2.24) is 9.88 Å². The fourth-order valence-corrected chi connectivity index (χ4v) is 4.79. The van der Waals surface area contributed by atoms with Crippen LogP contribution in [0.1, 0.15) is 24.8 Å². The lowest BCUT2D eigenvalue weighted by molar-refractivity contribution is 0.0982. The highest BCUT2D eigenvalue weighted by Crippen LogP contribution is 2.41. The van der Waals surface area contributed by atoms with Crippen LogP contribution in [0.3, 0.4) is 0 Å². The van der Waals surface area contributed by atoms with Crippen molar-refractivity contribution in [2.24, 2.45) is 5.41 Å². The first-order valence-corrected chi connectivity index (χ1v) is 9.22. The predicted molar refractivity (Wildman–Crippen MR) is 92.3 cm³/mol. The fraction of sp³-hybridized carbons (Fsp3) is 0.500. The van der Waals surface area contributed by atoms with Gasteiger partial charge in [-0.2, -0.15) is 0 Å². The maximum absolute atomic E-state index is 13.9. The zero-order valence-corrected chi connectivity index (χ0v) is 14.1. The first-order valence-electron chi connectivity index (χ1n) is 8.34. The zero-order chi connectivity index (χ0) is 15.7. The van der Waals surface area contributed by atoms with Crippen molar-refractivity contribution in [3.05, 3.63) is 47.2 Å². The lowest BCUT2D eigenvalue weighted by Crippen LogP contribution is -2.44. The summed E-state index contributed by atoms with van der Waals surface area (Å²) in [7, 11) is 0. The fourth-order valence-electron chi connectivity index (χ4n) is 4.12. The van der Waals surface area contributed by atoms with E-state index in [9.17, 15) is 4.39 Å². The summed E-state index contributed by atoms with van der Waals surface area (Å²) >= 11 is 1.72. The molecule has 2 aliphatic rings. The average molecular weight is 331 g/mol. The highest BCUT2D eigenvalue weighted by Gasteiger charge is 2.41. The van der Waals surface area contributed by atoms with Crippen LogP contribution in [0, 0.1) is 11.2 Å². The van der Waals surface area contributed by atoms with Crippen molar-refractivity contribution < 1.29 is 4.39 Å². The Kier molecular flexibility index (Phi) is 4.07. The van der Waals surface area contributed by atoms with Crippen LogP contribution in [0.2, 0.25) is 0 Å². The van der Waals surface area contributed by atoms with Gasteiger partial charge in [0.2, 0.25) is 0 Å². The van der Waals surface area contributed by atoms with Gasteiger partial charge in [-0.25, -0.2) is 9.37 Å². The number of benzene rings is 1. The van der Waals surface area contributed by atoms with Crippen LogP contribution >= 0.6 is 11.3 Å². The van der Waals surface area contributed by atoms with Crippen LogP contribution < -0.4 is 4.90 Å². The standard InChI is InChI=1S/C18H22FN3S/c19-16-5-2-1-4-15(16)12-21-9-3-6-18(13-21)7-10-22(14-18)17-20-8-11-23-17/h1-2,4-5,8,11H,3,6-7,9-10,12-14H2/t18-/m0/s1. The van der Waals surface area contributed by atoms with E-state index in [4.69, 9.17) is 0 Å². The molecule has 0 saturated carbocycles. The van der Waals surface area contributed by atoms with E-state index in [0.29, 0.717) is 5.41 Å². The molecule has 2 saturated heterocycles. The Bertz CT molecular complexity index is 660. The number of nitrogens with zero attached hydrogens (tertiary/aromatic N) is 3. The molecule has 2 fully saturated rings. The zero-order valence-electron chi connectivity index (χ0n) is 13.2. The van der Waals surface area contributed by atoms with Crippen LogP contribution in [0.25, 0.3) is 0 Å². The molecular weight excluding hydrogens is 309 g/mol. The molecule has 122 valence electrons. The number of anilines is 1. The summed E-state index contributed by atoms with van der Waals surface area (Å²) in [5, 5.41) is 3.19. The van der Waals surface area contributed by atoms with Gasteiger partial charge in [-0.3, -0.25) is 4.90 Å². The molecule has 3 heterocycles. The van der Waals surface area contributed by atoms with Crippen molar-refractivity contribution in [2.45, 2.75) is 25.8 Å². The Hall–Kier alpha value is -1.46. The molecule has 1 spiro atoms. The maximum atomic E-state index is 13.9. The normalized spacial score (nSPS) is 25.3. The minimum atomic E-state index is -0.0806. The summed E-state index contributed by atoms with van der Waals surface area (Å²) in [6.07, 6.45) is 5.60. The van der Waals surface area contributed by atoms with Crippen LogP contribution in [0.4, 0.5) is 9.52 Å². The molecule has 3 nitrogen and oxygen atoms in total. The van der Waals surface area contributed by atoms with Crippen molar-refractivity contribution in [3.8, 4) is 0 Å². The topological polar surface area (TPSA) is 19.4 Å². The van der Waals surface area contributed by atoms with Gasteiger partial charge < -0.3 is 4.90 Å². The Morgan fingerprint density at radius 3 is 2.91 bits per heavy atom. The minimum Gasteiger partial charge on any atom is -0.347 e. The van der Waals surface area contributed by atoms with Crippen LogP contribution in [0.15, 0.2) is 35.8 Å². The maximum Gasteiger partial charge on any atom is 0.185 e. The average Bonchev–Trinajstić information content (AvgIpc) is 3.20. The van der Waals surface area contributed by atoms with Gasteiger partial charge in [0.15, 0.2) is 5.13 Å². The molecular formula is C18H22FN3S. The van der Waals surface area contributed by atoms with Gasteiger partial charge >= 0.3 is 0 Å². The molecule has 0 N–H and O–H groups in total. The monoisotopic (exact) mass is 331 g/mol. The van der Waals surface area contributed by atoms with E-state index in [-0.39, 0.29) is 5.82 Å². The van der Waals surface area contributed by atoms with Crippen LogP contribution in [-0.4, -0.2) is 36.1 Å². The van der Waals surface area contributed by atoms with Crippen molar-refractivity contribution in [3.63, 3.8) is 0 Å². The lowest BCUT2D eigenvalue weighted by Gasteiger charge is -2.40. The highest BCUT2D eigenvalue weighted by molar-refractivity contribution is 7.13. The molecule has 0 amide bonds. The van der Waals surface area contributed by atoms with Gasteiger partial charge in [-0.05, 0) is 31.9 Å². The number of piperidine rings is 1. The SMILES string of the molecule is Fc1ccccc1CN1CCC[C@]2(CCN(c3nccs3)C2)C1. The Morgan fingerprint density at radius 2 is 2.09 bits per heavy atom. The van der Waals surface area contributed by atoms with Crippen LogP contribution in [0.5, 0.6) is 0 Å². The molecule has 0 bridgehead atoms. The second-order valence-corrected chi connectivity index (χ2v) is 7.76. The molecule has 4 rings (SSSR count). The van der Waals surface area contributed by atoms with E-state index < -0.39 is 0 Å². The number of thiazole rings is 1. The number of aromatic nitrogens is 1. The summed E-state index contributed by atoms with van der Waals surface area (Å²) in [5.74, 6) is -0.0806. The van der Waals surface area contributed by atoms with Gasteiger partial charge in [-0.15, -0.1) is 11.3 Å². The van der Waals surface area contributed by atoms with Crippen molar-refractivity contribution in [1.29, 1.82) is 0 Å². The quantitative estimate of drug-likeness (QED) is 0.853. The molecule has 1 aromatic carbocycles. The highest BCUT2D eigenvalue weighted by atomic mass is 32.1. The summed E-state index contributed by atoms with van der Waals surface area (Å²) in [6, 6.07) is 7.17. The minimum absolute atomic E-state index is 0.0806. The summed E-state index contributed by atoms with van der Waals surface area (Å²) in [5.41, 5.74) is 1.18. The lowest BCUT2D eigenvalue weighted by atomic mass is 9.79. The Labute approximate surface area is 140 Å². The van der Waals surface area contributed by atoms with Crippen molar-refractivity contribution in [2.75, 3.05) is 31.1 Å². The van der Waals surface area contributed by atoms with E-state index in [0.717, 1.165) is 43.4 Å². The molecule has 1 aromatic heterocycles. The molecule has 2 aliphatic heterocycles. The second-order valence-electron chi connectivity index (χ2n) is 6.89. The molecule has 0 unspecified atom stereocenters. The molecule has 23 heavy (non-hydrogen) atoms. The summed E-state index contributed by atoms with van der Waals surface area (Å²) in [4.78, 5) is 9.32. The number of halogens is 1. The van der Waals surface area contributed by atoms with E-state index in [1.165, 1.54) is 19.3 Å². The summed E-state index contributed by atoms with van der Waals surface area (Å²) in [6.45, 7) is 5.07. The number of hydrogen-bond donors (Lipinski definition) is 0. The van der Waals surface area contributed by atoms with Gasteiger partial charge in [0.1, 0.15) is 5.82 Å². The molecule has 0 radical (unpaired) electrons. The van der Waals surface area contributed by atoms with Crippen LogP contribution in [-0.2, 0) is 6.54 Å². The first-order chi connectivity index (χ1) is 11.2. The smallest absolute Gasteiger partial charge is 0.185 e. The van der Waals surface area contributed by atoms with Gasteiger partial charge in [-0.1, -0.05) is 18.2 Å². The van der Waals surface area contributed by atoms with Gasteiger partial charge in [0.05, 0.1) is 0 Å². The van der Waals surface area contributed by atoms with Gasteiger partial charge in [0, 0.05) is 48.7 Å². The second kappa shape index (κ2) is 6.21. The first kappa shape index (κ1) is 15.1. The molecule has 1 atom stereocenters. The Balaban J connectivity index is 1.44. The van der Waals surface area contributed by atoms with E-state index in [2.05, 4.69) is 14.8 Å². The molecule has 5 heteroatoms. The Morgan fingerprint density at radius 1 is 1.17 bits per heavy atom. The molecule has 0 aliphatic carbocycles. The van der Waals surface area contributed by atoms with E-state index >= 15 is 0 Å². The van der Waals surface area contributed by atoms with Gasteiger partial charge in [0.25, 0.3) is 0 Å². The summed E-state index contributed by atoms with van der Waals surface area (Å²) < 4.78 is 13.9. The van der Waals surface area contributed by atoms with Crippen molar-refractivity contribution >= 4 is 16.5 Å². The number of likely N-dealkylation sites (tertiary alicyclic amines) is 1. The van der Waals surface area contributed by atoms with E-state index in [1.54, 1.807) is 23.5 Å². The number of rotatable bonds is 3. The third kappa shape index (κ3) is 3.12. The molecule has 2 aromatic rings. The largest absolute Gasteiger partial charge is 0.347 e. The van der Waals surface area contributed by atoms with E-state index in [1.807, 2.05) is 23.7 Å². The predicted octanol–water partition coefficient (Wildman–Crippen LogP) is 3.77. The number of hydrogen-bond acceptors (Lipinski definition) is 4. The third-order valence-electron chi connectivity index (χ3n) is 5.22.